The van der Waals surface area contributed by atoms with Crippen molar-refractivity contribution in [1.82, 2.24) is 15.1 Å². The first-order chi connectivity index (χ1) is 12.0. The highest BCUT2D eigenvalue weighted by atomic mass is 16.1. The molecule has 2 aromatic rings. The van der Waals surface area contributed by atoms with Gasteiger partial charge in [-0.05, 0) is 63.7 Å². The van der Waals surface area contributed by atoms with Crippen LogP contribution >= 0.6 is 0 Å². The van der Waals surface area contributed by atoms with Crippen LogP contribution in [0.2, 0.25) is 0 Å². The molecule has 1 heterocycles. The first-order valence-corrected chi connectivity index (χ1v) is 9.15. The fraction of sp³-hybridized carbons (Fsp3) is 0.429. The highest BCUT2D eigenvalue weighted by Gasteiger charge is 2.19. The van der Waals surface area contributed by atoms with E-state index in [4.69, 9.17) is 0 Å². The Balaban J connectivity index is 1.69. The van der Waals surface area contributed by atoms with Gasteiger partial charge in [0.05, 0.1) is 11.4 Å². The summed E-state index contributed by atoms with van der Waals surface area (Å²) >= 11 is 0. The lowest BCUT2D eigenvalue weighted by Crippen LogP contribution is -2.36. The molecule has 132 valence electrons. The van der Waals surface area contributed by atoms with Crippen molar-refractivity contribution in [2.75, 3.05) is 0 Å². The second-order valence-corrected chi connectivity index (χ2v) is 7.13. The Morgan fingerprint density at radius 3 is 2.52 bits per heavy atom. The minimum Gasteiger partial charge on any atom is -0.350 e. The van der Waals surface area contributed by atoms with E-state index in [0.717, 1.165) is 41.4 Å². The maximum Gasteiger partial charge on any atom is 0.244 e. The molecule has 4 nitrogen and oxygen atoms in total. The van der Waals surface area contributed by atoms with Gasteiger partial charge in [-0.25, -0.2) is 4.68 Å². The highest BCUT2D eigenvalue weighted by Crippen LogP contribution is 2.23. The largest absolute Gasteiger partial charge is 0.350 e. The second-order valence-electron chi connectivity index (χ2n) is 7.13. The van der Waals surface area contributed by atoms with Crippen molar-refractivity contribution < 1.29 is 4.79 Å². The Morgan fingerprint density at radius 2 is 1.84 bits per heavy atom. The van der Waals surface area contributed by atoms with Crippen LogP contribution in [0.5, 0.6) is 0 Å². The monoisotopic (exact) mass is 337 g/mol. The Labute approximate surface area is 149 Å². The van der Waals surface area contributed by atoms with E-state index in [0.29, 0.717) is 6.04 Å². The molecule has 0 unspecified atom stereocenters. The van der Waals surface area contributed by atoms with Crippen LogP contribution in [0.1, 0.15) is 49.6 Å². The predicted molar refractivity (Wildman–Crippen MR) is 102 cm³/mol. The van der Waals surface area contributed by atoms with Crippen molar-refractivity contribution in [3.63, 3.8) is 0 Å². The Bertz CT molecular complexity index is 753. The third-order valence-electron chi connectivity index (χ3n) is 5.11. The summed E-state index contributed by atoms with van der Waals surface area (Å²) < 4.78 is 1.93. The van der Waals surface area contributed by atoms with Gasteiger partial charge in [0.2, 0.25) is 5.91 Å². The number of hydrogen-bond donors (Lipinski definition) is 1. The summed E-state index contributed by atoms with van der Waals surface area (Å²) in [5, 5.41) is 7.75. The van der Waals surface area contributed by atoms with Crippen molar-refractivity contribution in [3.8, 4) is 5.69 Å². The molecule has 1 saturated carbocycles. The molecule has 1 aliphatic carbocycles. The van der Waals surface area contributed by atoms with Crippen molar-refractivity contribution in [3.05, 3.63) is 53.4 Å². The summed E-state index contributed by atoms with van der Waals surface area (Å²) in [6, 6.07) is 10.4. The van der Waals surface area contributed by atoms with Crippen molar-refractivity contribution in [2.24, 2.45) is 5.92 Å². The number of rotatable bonds is 4. The average Bonchev–Trinajstić information content (AvgIpc) is 2.90. The molecular weight excluding hydrogens is 310 g/mol. The summed E-state index contributed by atoms with van der Waals surface area (Å²) in [6.07, 6.45) is 8.12. The zero-order valence-electron chi connectivity index (χ0n) is 15.3. The first kappa shape index (κ1) is 17.5. The predicted octanol–water partition coefficient (Wildman–Crippen LogP) is 4.20. The number of carbonyl (C=O) groups excluding carboxylic acids is 1. The number of nitrogens with zero attached hydrogens (tertiary/aromatic N) is 2. The number of amides is 1. The molecule has 0 aliphatic heterocycles. The molecule has 0 saturated heterocycles. The molecule has 1 aromatic heterocycles. The van der Waals surface area contributed by atoms with Gasteiger partial charge in [0.15, 0.2) is 0 Å². The number of aryl methyl sites for hydroxylation is 1. The van der Waals surface area contributed by atoms with E-state index in [9.17, 15) is 4.79 Å². The Kier molecular flexibility index (Phi) is 5.37. The summed E-state index contributed by atoms with van der Waals surface area (Å²) in [5.41, 5.74) is 4.01. The van der Waals surface area contributed by atoms with E-state index in [1.807, 2.05) is 54.9 Å². The molecule has 0 bridgehead atoms. The van der Waals surface area contributed by atoms with Crippen molar-refractivity contribution in [1.29, 1.82) is 0 Å². The van der Waals surface area contributed by atoms with E-state index in [1.54, 1.807) is 6.08 Å². The molecule has 1 fully saturated rings. The van der Waals surface area contributed by atoms with Crippen LogP contribution in [0.25, 0.3) is 11.8 Å². The van der Waals surface area contributed by atoms with Gasteiger partial charge in [0, 0.05) is 23.4 Å². The average molecular weight is 337 g/mol. The van der Waals surface area contributed by atoms with E-state index in [1.165, 1.54) is 12.8 Å². The lowest BCUT2D eigenvalue weighted by Gasteiger charge is -2.26. The lowest BCUT2D eigenvalue weighted by atomic mass is 9.87. The molecule has 4 heteroatoms. The van der Waals surface area contributed by atoms with Crippen LogP contribution in [0.3, 0.4) is 0 Å². The smallest absolute Gasteiger partial charge is 0.244 e. The van der Waals surface area contributed by atoms with Gasteiger partial charge in [0.25, 0.3) is 0 Å². The molecule has 1 aromatic carbocycles. The minimum atomic E-state index is -0.00851. The van der Waals surface area contributed by atoms with Crippen LogP contribution in [0.15, 0.2) is 36.4 Å². The molecule has 0 atom stereocenters. The minimum absolute atomic E-state index is 0.00851. The fourth-order valence-corrected chi connectivity index (χ4v) is 3.53. The normalized spacial score (nSPS) is 20.8. The number of hydrogen-bond acceptors (Lipinski definition) is 2. The zero-order valence-corrected chi connectivity index (χ0v) is 15.3. The third-order valence-corrected chi connectivity index (χ3v) is 5.11. The fourth-order valence-electron chi connectivity index (χ4n) is 3.53. The van der Waals surface area contributed by atoms with Crippen LogP contribution in [0, 0.1) is 19.8 Å². The third kappa shape index (κ3) is 4.19. The van der Waals surface area contributed by atoms with Crippen LogP contribution in [-0.4, -0.2) is 21.7 Å². The number of para-hydroxylation sites is 1. The molecule has 1 amide bonds. The van der Waals surface area contributed by atoms with E-state index in [2.05, 4.69) is 17.3 Å². The highest BCUT2D eigenvalue weighted by molar-refractivity contribution is 5.92. The Morgan fingerprint density at radius 1 is 1.16 bits per heavy atom. The Hall–Kier alpha value is -2.36. The second kappa shape index (κ2) is 7.68. The van der Waals surface area contributed by atoms with Crippen LogP contribution < -0.4 is 5.32 Å². The standard InChI is InChI=1S/C21H27N3O/c1-15-9-11-18(12-10-15)22-21(25)14-13-20-16(2)23-24(17(20)3)19-7-5-4-6-8-19/h4-8,13-15,18H,9-12H2,1-3H3,(H,22,25). The summed E-state index contributed by atoms with van der Waals surface area (Å²) in [7, 11) is 0. The summed E-state index contributed by atoms with van der Waals surface area (Å²) in [5.74, 6) is 0.781. The maximum atomic E-state index is 12.2. The topological polar surface area (TPSA) is 46.9 Å². The molecule has 0 spiro atoms. The van der Waals surface area contributed by atoms with E-state index >= 15 is 0 Å². The lowest BCUT2D eigenvalue weighted by molar-refractivity contribution is -0.117. The summed E-state index contributed by atoms with van der Waals surface area (Å²) in [6.45, 7) is 6.30. The summed E-state index contributed by atoms with van der Waals surface area (Å²) in [4.78, 5) is 12.2. The molecule has 1 N–H and O–H groups in total. The number of carbonyl (C=O) groups is 1. The van der Waals surface area contributed by atoms with Crippen molar-refractivity contribution >= 4 is 12.0 Å². The number of benzene rings is 1. The van der Waals surface area contributed by atoms with Crippen LogP contribution in [0.4, 0.5) is 0 Å². The number of aromatic nitrogens is 2. The maximum absolute atomic E-state index is 12.2. The van der Waals surface area contributed by atoms with Gasteiger partial charge in [-0.2, -0.15) is 5.10 Å². The molecule has 0 radical (unpaired) electrons. The SMILES string of the molecule is Cc1nn(-c2ccccc2)c(C)c1C=CC(=O)NC1CCC(C)CC1. The van der Waals surface area contributed by atoms with Gasteiger partial charge >= 0.3 is 0 Å². The zero-order chi connectivity index (χ0) is 17.8. The van der Waals surface area contributed by atoms with Gasteiger partial charge in [-0.3, -0.25) is 4.79 Å². The van der Waals surface area contributed by atoms with Crippen molar-refractivity contribution in [2.45, 2.75) is 52.5 Å². The molecule has 1 aliphatic rings. The molecule has 3 rings (SSSR count). The van der Waals surface area contributed by atoms with Gasteiger partial charge in [-0.1, -0.05) is 25.1 Å². The van der Waals surface area contributed by atoms with Gasteiger partial charge in [0.1, 0.15) is 0 Å². The van der Waals surface area contributed by atoms with Crippen LogP contribution in [-0.2, 0) is 4.79 Å². The molecule has 25 heavy (non-hydrogen) atoms. The van der Waals surface area contributed by atoms with Gasteiger partial charge < -0.3 is 5.32 Å². The van der Waals surface area contributed by atoms with E-state index in [-0.39, 0.29) is 5.91 Å². The quantitative estimate of drug-likeness (QED) is 0.850. The number of nitrogens with one attached hydrogen (secondary N) is 1. The van der Waals surface area contributed by atoms with E-state index < -0.39 is 0 Å². The molecular formula is C21H27N3O. The first-order valence-electron chi connectivity index (χ1n) is 9.15. The van der Waals surface area contributed by atoms with Gasteiger partial charge in [-0.15, -0.1) is 0 Å².